The maximum absolute atomic E-state index is 13.3. The van der Waals surface area contributed by atoms with Gasteiger partial charge in [0.15, 0.2) is 6.61 Å². The molecule has 0 unspecified atom stereocenters. The predicted molar refractivity (Wildman–Crippen MR) is 129 cm³/mol. The Labute approximate surface area is 200 Å². The quantitative estimate of drug-likeness (QED) is 0.392. The van der Waals surface area contributed by atoms with Crippen LogP contribution in [0.5, 0.6) is 5.75 Å². The summed E-state index contributed by atoms with van der Waals surface area (Å²) in [6.07, 6.45) is 0.486. The van der Waals surface area contributed by atoms with Crippen LogP contribution in [0.15, 0.2) is 66.7 Å². The molecule has 1 heterocycles. The van der Waals surface area contributed by atoms with Gasteiger partial charge < -0.3 is 19.9 Å². The number of carbonyl (C=O) groups is 2. The van der Waals surface area contributed by atoms with Crippen LogP contribution in [0.2, 0.25) is 5.02 Å². The smallest absolute Gasteiger partial charge is 0.262 e. The molecule has 0 bridgehead atoms. The molecule has 174 valence electrons. The molecule has 0 radical (unpaired) electrons. The summed E-state index contributed by atoms with van der Waals surface area (Å²) in [5.41, 5.74) is 2.45. The van der Waals surface area contributed by atoms with Gasteiger partial charge in [-0.2, -0.15) is 0 Å². The van der Waals surface area contributed by atoms with Crippen molar-refractivity contribution < 1.29 is 18.7 Å². The first kappa shape index (κ1) is 23.3. The van der Waals surface area contributed by atoms with E-state index < -0.39 is 5.82 Å². The molecule has 4 rings (SSSR count). The third kappa shape index (κ3) is 5.52. The number of amides is 2. The summed E-state index contributed by atoms with van der Waals surface area (Å²) in [5.74, 6) is 0.0766. The zero-order chi connectivity index (χ0) is 24.1. The molecule has 0 saturated carbocycles. The zero-order valence-corrected chi connectivity index (χ0v) is 19.1. The summed E-state index contributed by atoms with van der Waals surface area (Å²) in [6.45, 7) is 0.162. The number of anilines is 1. The number of nitrogens with one attached hydrogen (secondary N) is 2. The first-order chi connectivity index (χ1) is 16.4. The molecule has 0 aliphatic rings. The second-order valence-electron chi connectivity index (χ2n) is 7.57. The second kappa shape index (κ2) is 10.4. The summed E-state index contributed by atoms with van der Waals surface area (Å²) in [6, 6.07) is 17.9. The highest BCUT2D eigenvalue weighted by atomic mass is 35.5. The van der Waals surface area contributed by atoms with Gasteiger partial charge >= 0.3 is 0 Å². The molecule has 34 heavy (non-hydrogen) atoms. The Morgan fingerprint density at radius 2 is 1.91 bits per heavy atom. The van der Waals surface area contributed by atoms with E-state index in [4.69, 9.17) is 16.3 Å². The number of aryl methyl sites for hydroxylation is 1. The minimum atomic E-state index is -0.457. The molecule has 4 aromatic rings. The van der Waals surface area contributed by atoms with Crippen molar-refractivity contribution in [1.82, 2.24) is 14.9 Å². The van der Waals surface area contributed by atoms with Crippen molar-refractivity contribution in [2.75, 3.05) is 18.5 Å². The topological polar surface area (TPSA) is 85.3 Å². The minimum Gasteiger partial charge on any atom is -0.482 e. The van der Waals surface area contributed by atoms with Crippen LogP contribution in [-0.4, -0.2) is 34.5 Å². The lowest BCUT2D eigenvalue weighted by Crippen LogP contribution is -2.26. The number of hydrogen-bond donors (Lipinski definition) is 2. The largest absolute Gasteiger partial charge is 0.482 e. The van der Waals surface area contributed by atoms with Crippen LogP contribution in [0, 0.1) is 5.82 Å². The predicted octanol–water partition coefficient (Wildman–Crippen LogP) is 4.36. The van der Waals surface area contributed by atoms with Crippen molar-refractivity contribution in [1.29, 1.82) is 0 Å². The number of hydrogen-bond acceptors (Lipinski definition) is 4. The number of ether oxygens (including phenoxy) is 1. The van der Waals surface area contributed by atoms with E-state index in [0.717, 1.165) is 11.3 Å². The van der Waals surface area contributed by atoms with Gasteiger partial charge in [-0.1, -0.05) is 29.8 Å². The third-order valence-electron chi connectivity index (χ3n) is 5.17. The number of nitrogens with zero attached hydrogens (tertiary/aromatic N) is 2. The molecule has 0 saturated heterocycles. The number of para-hydroxylation sites is 1. The molecule has 7 nitrogen and oxygen atoms in total. The lowest BCUT2D eigenvalue weighted by Gasteiger charge is -2.08. The van der Waals surface area contributed by atoms with Crippen molar-refractivity contribution >= 4 is 40.1 Å². The second-order valence-corrected chi connectivity index (χ2v) is 7.98. The summed E-state index contributed by atoms with van der Waals surface area (Å²) in [7, 11) is 1.88. The summed E-state index contributed by atoms with van der Waals surface area (Å²) >= 11 is 6.04. The van der Waals surface area contributed by atoms with Crippen molar-refractivity contribution in [2.45, 2.75) is 6.42 Å². The highest BCUT2D eigenvalue weighted by Gasteiger charge is 2.12. The van der Waals surface area contributed by atoms with Gasteiger partial charge in [0.25, 0.3) is 11.8 Å². The van der Waals surface area contributed by atoms with E-state index in [0.29, 0.717) is 34.9 Å². The lowest BCUT2D eigenvalue weighted by molar-refractivity contribution is -0.118. The molecular weight excluding hydrogens is 459 g/mol. The van der Waals surface area contributed by atoms with Crippen molar-refractivity contribution in [3.63, 3.8) is 0 Å². The van der Waals surface area contributed by atoms with E-state index >= 15 is 0 Å². The number of fused-ring (bicyclic) bond motifs is 1. The Bertz CT molecular complexity index is 1360. The maximum atomic E-state index is 13.3. The fraction of sp³-hybridized carbons (Fsp3) is 0.160. The molecular formula is C25H22ClFN4O3. The van der Waals surface area contributed by atoms with E-state index in [2.05, 4.69) is 15.6 Å². The molecule has 2 amide bonds. The van der Waals surface area contributed by atoms with Crippen LogP contribution in [0.3, 0.4) is 0 Å². The number of benzene rings is 3. The van der Waals surface area contributed by atoms with E-state index in [1.807, 2.05) is 17.7 Å². The van der Waals surface area contributed by atoms with E-state index in [-0.39, 0.29) is 24.0 Å². The average molecular weight is 481 g/mol. The molecule has 0 fully saturated rings. The van der Waals surface area contributed by atoms with Crippen molar-refractivity contribution in [3.8, 4) is 5.75 Å². The SMILES string of the molecule is Cn1c(CCNC(=O)c2cccc(F)c2)nc2cc(NC(=O)COc3ccccc3Cl)ccc21. The maximum Gasteiger partial charge on any atom is 0.262 e. The molecule has 1 aromatic heterocycles. The van der Waals surface area contributed by atoms with Gasteiger partial charge in [0.05, 0.1) is 16.1 Å². The lowest BCUT2D eigenvalue weighted by atomic mass is 10.2. The van der Waals surface area contributed by atoms with Gasteiger partial charge in [-0.3, -0.25) is 9.59 Å². The molecule has 3 aromatic carbocycles. The summed E-state index contributed by atoms with van der Waals surface area (Å²) < 4.78 is 20.7. The van der Waals surface area contributed by atoms with E-state index in [1.165, 1.54) is 18.2 Å². The van der Waals surface area contributed by atoms with Gasteiger partial charge in [-0.05, 0) is 48.5 Å². The normalized spacial score (nSPS) is 10.8. The number of imidazole rings is 1. The van der Waals surface area contributed by atoms with Crippen molar-refractivity contribution in [3.05, 3.63) is 89.0 Å². The highest BCUT2D eigenvalue weighted by Crippen LogP contribution is 2.23. The molecule has 9 heteroatoms. The van der Waals surface area contributed by atoms with Crippen molar-refractivity contribution in [2.24, 2.45) is 7.05 Å². The van der Waals surface area contributed by atoms with Gasteiger partial charge in [0.1, 0.15) is 17.4 Å². The molecule has 0 aliphatic heterocycles. The fourth-order valence-corrected chi connectivity index (χ4v) is 3.66. The number of rotatable bonds is 8. The first-order valence-corrected chi connectivity index (χ1v) is 10.9. The number of carbonyl (C=O) groups excluding carboxylic acids is 2. The van der Waals surface area contributed by atoms with Crippen LogP contribution in [-0.2, 0) is 18.3 Å². The van der Waals surface area contributed by atoms with Gasteiger partial charge in [-0.25, -0.2) is 9.37 Å². The first-order valence-electron chi connectivity index (χ1n) is 10.6. The fourth-order valence-electron chi connectivity index (χ4n) is 3.47. The van der Waals surface area contributed by atoms with Crippen LogP contribution in [0.25, 0.3) is 11.0 Å². The minimum absolute atomic E-state index is 0.180. The molecule has 0 aliphatic carbocycles. The summed E-state index contributed by atoms with van der Waals surface area (Å²) in [4.78, 5) is 29.1. The van der Waals surface area contributed by atoms with Gasteiger partial charge in [-0.15, -0.1) is 0 Å². The average Bonchev–Trinajstić information content (AvgIpc) is 3.13. The molecule has 0 atom stereocenters. The zero-order valence-electron chi connectivity index (χ0n) is 18.3. The third-order valence-corrected chi connectivity index (χ3v) is 5.49. The Balaban J connectivity index is 1.35. The van der Waals surface area contributed by atoms with E-state index in [9.17, 15) is 14.0 Å². The number of halogens is 2. The highest BCUT2D eigenvalue weighted by molar-refractivity contribution is 6.32. The molecule has 0 spiro atoms. The monoisotopic (exact) mass is 480 g/mol. The van der Waals surface area contributed by atoms with Gasteiger partial charge in [0.2, 0.25) is 0 Å². The Morgan fingerprint density at radius 1 is 1.09 bits per heavy atom. The van der Waals surface area contributed by atoms with Crippen LogP contribution < -0.4 is 15.4 Å². The Kier molecular flexibility index (Phi) is 7.08. The number of aromatic nitrogens is 2. The van der Waals surface area contributed by atoms with E-state index in [1.54, 1.807) is 42.5 Å². The van der Waals surface area contributed by atoms with Crippen LogP contribution >= 0.6 is 11.6 Å². The standard InChI is InChI=1S/C25H22ClFN4O3/c1-31-21-10-9-18(29-24(32)15-34-22-8-3-2-7-19(22)26)14-20(21)30-23(31)11-12-28-25(33)16-5-4-6-17(27)13-16/h2-10,13-14H,11-12,15H2,1H3,(H,28,33)(H,29,32). The Hall–Kier alpha value is -3.91. The van der Waals surface area contributed by atoms with Crippen LogP contribution in [0.1, 0.15) is 16.2 Å². The Morgan fingerprint density at radius 3 is 2.71 bits per heavy atom. The summed E-state index contributed by atoms with van der Waals surface area (Å²) in [5, 5.41) is 6.00. The van der Waals surface area contributed by atoms with Crippen LogP contribution in [0.4, 0.5) is 10.1 Å². The molecule has 2 N–H and O–H groups in total. The van der Waals surface area contributed by atoms with Gasteiger partial charge in [0, 0.05) is 31.3 Å².